The highest BCUT2D eigenvalue weighted by Gasteiger charge is 2.20. The van der Waals surface area contributed by atoms with Gasteiger partial charge in [-0.05, 0) is 44.6 Å². The van der Waals surface area contributed by atoms with Crippen molar-refractivity contribution in [3.05, 3.63) is 0 Å². The van der Waals surface area contributed by atoms with Crippen LogP contribution in [-0.4, -0.2) is 42.8 Å². The molecule has 0 radical (unpaired) electrons. The lowest BCUT2D eigenvalue weighted by Gasteiger charge is -2.34. The van der Waals surface area contributed by atoms with Crippen molar-refractivity contribution in [1.29, 1.82) is 0 Å². The molecule has 0 aromatic carbocycles. The van der Waals surface area contributed by atoms with Crippen molar-refractivity contribution in [3.8, 4) is 0 Å². The highest BCUT2D eigenvalue weighted by atomic mass is 16.1. The van der Waals surface area contributed by atoms with Crippen molar-refractivity contribution >= 4 is 11.7 Å². The predicted octanol–water partition coefficient (Wildman–Crippen LogP) is 2.23. The Hall–Kier alpha value is -0.900. The number of rotatable bonds is 8. The summed E-state index contributed by atoms with van der Waals surface area (Å²) >= 11 is 0. The van der Waals surface area contributed by atoms with Crippen molar-refractivity contribution in [1.82, 2.24) is 10.2 Å². The SMILES string of the molecule is CC(=O)CCCC(=O)NCCCN1CC(C)CC(C)C1. The molecule has 0 saturated carbocycles. The molecule has 1 aliphatic rings. The monoisotopic (exact) mass is 282 g/mol. The van der Waals surface area contributed by atoms with Crippen LogP contribution in [-0.2, 0) is 9.59 Å². The third kappa shape index (κ3) is 7.63. The molecule has 0 aliphatic carbocycles. The maximum absolute atomic E-state index is 11.5. The Bertz CT molecular complexity index is 308. The summed E-state index contributed by atoms with van der Waals surface area (Å²) in [6.07, 6.45) is 4.00. The van der Waals surface area contributed by atoms with Gasteiger partial charge in [-0.1, -0.05) is 13.8 Å². The van der Waals surface area contributed by atoms with Gasteiger partial charge in [-0.25, -0.2) is 0 Å². The molecule has 0 aromatic rings. The van der Waals surface area contributed by atoms with Gasteiger partial charge in [0, 0.05) is 32.5 Å². The molecule has 116 valence electrons. The van der Waals surface area contributed by atoms with Gasteiger partial charge in [0.25, 0.3) is 0 Å². The van der Waals surface area contributed by atoms with Crippen LogP contribution in [0, 0.1) is 11.8 Å². The van der Waals surface area contributed by atoms with E-state index < -0.39 is 0 Å². The topological polar surface area (TPSA) is 49.4 Å². The summed E-state index contributed by atoms with van der Waals surface area (Å²) in [6.45, 7) is 10.4. The van der Waals surface area contributed by atoms with Gasteiger partial charge in [0.05, 0.1) is 0 Å². The van der Waals surface area contributed by atoms with E-state index in [2.05, 4.69) is 24.1 Å². The fraction of sp³-hybridized carbons (Fsp3) is 0.875. The summed E-state index contributed by atoms with van der Waals surface area (Å²) in [5, 5.41) is 2.94. The molecule has 1 rings (SSSR count). The van der Waals surface area contributed by atoms with E-state index in [1.165, 1.54) is 19.5 Å². The minimum Gasteiger partial charge on any atom is -0.356 e. The summed E-state index contributed by atoms with van der Waals surface area (Å²) in [6, 6.07) is 0. The molecule has 2 unspecified atom stereocenters. The van der Waals surface area contributed by atoms with Gasteiger partial charge in [-0.2, -0.15) is 0 Å². The highest BCUT2D eigenvalue weighted by Crippen LogP contribution is 2.20. The first-order valence-corrected chi connectivity index (χ1v) is 7.96. The zero-order chi connectivity index (χ0) is 15.0. The van der Waals surface area contributed by atoms with Crippen LogP contribution in [0.5, 0.6) is 0 Å². The van der Waals surface area contributed by atoms with E-state index in [9.17, 15) is 9.59 Å². The van der Waals surface area contributed by atoms with Gasteiger partial charge < -0.3 is 15.0 Å². The molecule has 1 N–H and O–H groups in total. The van der Waals surface area contributed by atoms with E-state index in [0.717, 1.165) is 31.3 Å². The van der Waals surface area contributed by atoms with E-state index in [4.69, 9.17) is 0 Å². The molecule has 1 saturated heterocycles. The molecule has 1 aliphatic heterocycles. The van der Waals surface area contributed by atoms with E-state index in [1.54, 1.807) is 6.92 Å². The van der Waals surface area contributed by atoms with Crippen molar-refractivity contribution < 1.29 is 9.59 Å². The summed E-state index contributed by atoms with van der Waals surface area (Å²) in [5.41, 5.74) is 0. The zero-order valence-electron chi connectivity index (χ0n) is 13.3. The van der Waals surface area contributed by atoms with Gasteiger partial charge in [0.1, 0.15) is 5.78 Å². The Labute approximate surface area is 123 Å². The molecular formula is C16H30N2O2. The van der Waals surface area contributed by atoms with Crippen molar-refractivity contribution in [2.75, 3.05) is 26.2 Å². The number of ketones is 1. The molecular weight excluding hydrogens is 252 g/mol. The fourth-order valence-electron chi connectivity index (χ4n) is 3.09. The van der Waals surface area contributed by atoms with E-state index in [1.807, 2.05) is 0 Å². The largest absolute Gasteiger partial charge is 0.356 e. The molecule has 4 heteroatoms. The molecule has 1 amide bonds. The number of nitrogens with zero attached hydrogens (tertiary/aromatic N) is 1. The Morgan fingerprint density at radius 2 is 1.75 bits per heavy atom. The number of nitrogens with one attached hydrogen (secondary N) is 1. The van der Waals surface area contributed by atoms with Crippen LogP contribution in [0.25, 0.3) is 0 Å². The number of carbonyl (C=O) groups excluding carboxylic acids is 2. The number of hydrogen-bond acceptors (Lipinski definition) is 3. The first-order chi connectivity index (χ1) is 9.47. The second-order valence-corrected chi connectivity index (χ2v) is 6.46. The molecule has 2 atom stereocenters. The summed E-state index contributed by atoms with van der Waals surface area (Å²) in [5.74, 6) is 1.82. The van der Waals surface area contributed by atoms with Gasteiger partial charge in [0.2, 0.25) is 5.91 Å². The summed E-state index contributed by atoms with van der Waals surface area (Å²) in [4.78, 5) is 24.8. The Kier molecular flexibility index (Phi) is 7.82. The van der Waals surface area contributed by atoms with Gasteiger partial charge >= 0.3 is 0 Å². The van der Waals surface area contributed by atoms with Crippen LogP contribution in [0.4, 0.5) is 0 Å². The van der Waals surface area contributed by atoms with E-state index in [-0.39, 0.29) is 11.7 Å². The van der Waals surface area contributed by atoms with Crippen LogP contribution in [0.2, 0.25) is 0 Å². The van der Waals surface area contributed by atoms with Gasteiger partial charge in [0.15, 0.2) is 0 Å². The van der Waals surface area contributed by atoms with E-state index >= 15 is 0 Å². The number of piperidine rings is 1. The van der Waals surface area contributed by atoms with Crippen LogP contribution < -0.4 is 5.32 Å². The Morgan fingerprint density at radius 1 is 1.10 bits per heavy atom. The number of amides is 1. The number of carbonyl (C=O) groups is 2. The summed E-state index contributed by atoms with van der Waals surface area (Å²) < 4.78 is 0. The molecule has 20 heavy (non-hydrogen) atoms. The highest BCUT2D eigenvalue weighted by molar-refractivity contribution is 5.78. The first-order valence-electron chi connectivity index (χ1n) is 7.96. The molecule has 0 spiro atoms. The van der Waals surface area contributed by atoms with Crippen LogP contribution in [0.15, 0.2) is 0 Å². The molecule has 4 nitrogen and oxygen atoms in total. The standard InChI is InChI=1S/C16H30N2O2/c1-13-10-14(2)12-18(11-13)9-5-8-17-16(20)7-4-6-15(3)19/h13-14H,4-12H2,1-3H3,(H,17,20). The fourth-order valence-corrected chi connectivity index (χ4v) is 3.09. The van der Waals surface area contributed by atoms with E-state index in [0.29, 0.717) is 19.3 Å². The predicted molar refractivity (Wildman–Crippen MR) is 81.5 cm³/mol. The molecule has 1 fully saturated rings. The molecule has 0 bridgehead atoms. The van der Waals surface area contributed by atoms with Crippen molar-refractivity contribution in [2.45, 2.75) is 52.9 Å². The zero-order valence-corrected chi connectivity index (χ0v) is 13.3. The second kappa shape index (κ2) is 9.11. The third-order valence-electron chi connectivity index (χ3n) is 3.85. The number of Topliss-reactive ketones (excluding diaryl/α,β-unsaturated/α-hetero) is 1. The minimum absolute atomic E-state index is 0.0756. The van der Waals surface area contributed by atoms with Crippen LogP contribution in [0.1, 0.15) is 52.9 Å². The Morgan fingerprint density at radius 3 is 2.35 bits per heavy atom. The van der Waals surface area contributed by atoms with Crippen molar-refractivity contribution in [3.63, 3.8) is 0 Å². The van der Waals surface area contributed by atoms with Crippen LogP contribution in [0.3, 0.4) is 0 Å². The average molecular weight is 282 g/mol. The first kappa shape index (κ1) is 17.2. The van der Waals surface area contributed by atoms with Gasteiger partial charge in [-0.3, -0.25) is 4.79 Å². The smallest absolute Gasteiger partial charge is 0.220 e. The lowest BCUT2D eigenvalue weighted by Crippen LogP contribution is -2.40. The normalized spacial score (nSPS) is 23.6. The number of hydrogen-bond donors (Lipinski definition) is 1. The lowest BCUT2D eigenvalue weighted by atomic mass is 9.92. The van der Waals surface area contributed by atoms with Crippen molar-refractivity contribution in [2.24, 2.45) is 11.8 Å². The summed E-state index contributed by atoms with van der Waals surface area (Å²) in [7, 11) is 0. The van der Waals surface area contributed by atoms with Gasteiger partial charge in [-0.15, -0.1) is 0 Å². The number of likely N-dealkylation sites (tertiary alicyclic amines) is 1. The lowest BCUT2D eigenvalue weighted by molar-refractivity contribution is -0.121. The minimum atomic E-state index is 0.0756. The van der Waals surface area contributed by atoms with Crippen LogP contribution >= 0.6 is 0 Å². The molecule has 1 heterocycles. The second-order valence-electron chi connectivity index (χ2n) is 6.46. The maximum Gasteiger partial charge on any atom is 0.220 e. The quantitative estimate of drug-likeness (QED) is 0.695. The third-order valence-corrected chi connectivity index (χ3v) is 3.85. The Balaban J connectivity index is 2.03. The molecule has 0 aromatic heterocycles. The average Bonchev–Trinajstić information content (AvgIpc) is 2.33. The maximum atomic E-state index is 11.5.